The standard InChI is InChI=1S/C13H23NO/c1-4-5-6-7-12(15)8-9-13(2,3)10-11-14/h6-11,14H2,1-3H3. The van der Waals surface area contributed by atoms with Crippen LogP contribution in [0.1, 0.15) is 52.9 Å². The Bertz CT molecular complexity index is 245. The van der Waals surface area contributed by atoms with Gasteiger partial charge >= 0.3 is 0 Å². The summed E-state index contributed by atoms with van der Waals surface area (Å²) in [4.78, 5) is 11.5. The van der Waals surface area contributed by atoms with Gasteiger partial charge in [0.2, 0.25) is 0 Å². The first-order valence-electron chi connectivity index (χ1n) is 5.63. The van der Waals surface area contributed by atoms with Crippen molar-refractivity contribution in [3.05, 3.63) is 0 Å². The number of Topliss-reactive ketones (excluding diaryl/α,β-unsaturated/α-hetero) is 1. The molecule has 2 heteroatoms. The molecular formula is C13H23NO. The van der Waals surface area contributed by atoms with Crippen molar-refractivity contribution in [1.29, 1.82) is 0 Å². The lowest BCUT2D eigenvalue weighted by Crippen LogP contribution is -2.18. The molecule has 0 atom stereocenters. The van der Waals surface area contributed by atoms with Gasteiger partial charge in [0.15, 0.2) is 0 Å². The third-order valence-corrected chi connectivity index (χ3v) is 2.61. The molecule has 0 aromatic rings. The molecule has 86 valence electrons. The number of carbonyl (C=O) groups excluding carboxylic acids is 1. The fourth-order valence-electron chi connectivity index (χ4n) is 1.45. The molecule has 0 aliphatic heterocycles. The van der Waals surface area contributed by atoms with Crippen molar-refractivity contribution in [3.8, 4) is 11.8 Å². The Kier molecular flexibility index (Phi) is 7.07. The summed E-state index contributed by atoms with van der Waals surface area (Å²) in [5.41, 5.74) is 5.71. The summed E-state index contributed by atoms with van der Waals surface area (Å²) in [5, 5.41) is 0. The summed E-state index contributed by atoms with van der Waals surface area (Å²) >= 11 is 0. The quantitative estimate of drug-likeness (QED) is 0.655. The molecule has 0 rings (SSSR count). The van der Waals surface area contributed by atoms with Crippen LogP contribution in [0.3, 0.4) is 0 Å². The lowest BCUT2D eigenvalue weighted by Gasteiger charge is -2.23. The van der Waals surface area contributed by atoms with E-state index >= 15 is 0 Å². The predicted molar refractivity (Wildman–Crippen MR) is 64.4 cm³/mol. The Morgan fingerprint density at radius 2 is 1.93 bits per heavy atom. The van der Waals surface area contributed by atoms with Crippen molar-refractivity contribution in [2.75, 3.05) is 6.54 Å². The Morgan fingerprint density at radius 3 is 2.47 bits per heavy atom. The molecule has 0 radical (unpaired) electrons. The van der Waals surface area contributed by atoms with Crippen LogP contribution >= 0.6 is 0 Å². The van der Waals surface area contributed by atoms with Gasteiger partial charge in [-0.05, 0) is 31.7 Å². The van der Waals surface area contributed by atoms with E-state index in [1.54, 1.807) is 6.92 Å². The third-order valence-electron chi connectivity index (χ3n) is 2.61. The fourth-order valence-corrected chi connectivity index (χ4v) is 1.45. The van der Waals surface area contributed by atoms with E-state index in [-0.39, 0.29) is 5.41 Å². The van der Waals surface area contributed by atoms with Gasteiger partial charge in [-0.1, -0.05) is 13.8 Å². The molecule has 0 aliphatic carbocycles. The zero-order valence-corrected chi connectivity index (χ0v) is 10.2. The van der Waals surface area contributed by atoms with E-state index in [9.17, 15) is 4.79 Å². The average Bonchev–Trinajstić information content (AvgIpc) is 2.15. The number of hydrogen-bond donors (Lipinski definition) is 1. The summed E-state index contributed by atoms with van der Waals surface area (Å²) < 4.78 is 0. The van der Waals surface area contributed by atoms with Gasteiger partial charge in [-0.25, -0.2) is 0 Å². The lowest BCUT2D eigenvalue weighted by molar-refractivity contribution is -0.119. The minimum atomic E-state index is 0.195. The van der Waals surface area contributed by atoms with Crippen LogP contribution in [0.4, 0.5) is 0 Å². The van der Waals surface area contributed by atoms with E-state index in [0.29, 0.717) is 31.6 Å². The van der Waals surface area contributed by atoms with Gasteiger partial charge in [-0.15, -0.1) is 11.8 Å². The van der Waals surface area contributed by atoms with Crippen molar-refractivity contribution in [3.63, 3.8) is 0 Å². The monoisotopic (exact) mass is 209 g/mol. The predicted octanol–water partition coefficient (Wildman–Crippen LogP) is 2.51. The van der Waals surface area contributed by atoms with Crippen LogP contribution in [0.2, 0.25) is 0 Å². The summed E-state index contributed by atoms with van der Waals surface area (Å²) in [7, 11) is 0. The van der Waals surface area contributed by atoms with Crippen molar-refractivity contribution < 1.29 is 4.79 Å². The molecule has 0 bridgehead atoms. The highest BCUT2D eigenvalue weighted by Crippen LogP contribution is 2.26. The molecule has 0 spiro atoms. The van der Waals surface area contributed by atoms with Crippen LogP contribution in [0.15, 0.2) is 0 Å². The summed E-state index contributed by atoms with van der Waals surface area (Å²) in [6.45, 7) is 6.83. The van der Waals surface area contributed by atoms with E-state index in [1.807, 2.05) is 0 Å². The smallest absolute Gasteiger partial charge is 0.133 e. The topological polar surface area (TPSA) is 43.1 Å². The average molecular weight is 209 g/mol. The maximum Gasteiger partial charge on any atom is 0.133 e. The Balaban J connectivity index is 3.73. The fraction of sp³-hybridized carbons (Fsp3) is 0.769. The van der Waals surface area contributed by atoms with Crippen LogP contribution < -0.4 is 5.73 Å². The zero-order chi connectivity index (χ0) is 11.7. The van der Waals surface area contributed by atoms with Crippen LogP contribution in [0.5, 0.6) is 0 Å². The van der Waals surface area contributed by atoms with E-state index in [2.05, 4.69) is 25.7 Å². The first kappa shape index (κ1) is 14.2. The van der Waals surface area contributed by atoms with Crippen molar-refractivity contribution >= 4 is 5.78 Å². The van der Waals surface area contributed by atoms with Crippen LogP contribution in [0, 0.1) is 17.3 Å². The number of nitrogens with two attached hydrogens (primary N) is 1. The highest BCUT2D eigenvalue weighted by atomic mass is 16.1. The summed E-state index contributed by atoms with van der Waals surface area (Å²) in [5.74, 6) is 6.03. The van der Waals surface area contributed by atoms with Gasteiger partial charge in [0.05, 0.1) is 0 Å². The van der Waals surface area contributed by atoms with Gasteiger partial charge < -0.3 is 5.73 Å². The maximum absolute atomic E-state index is 11.5. The normalized spacial score (nSPS) is 10.7. The molecule has 0 aromatic heterocycles. The second-order valence-corrected chi connectivity index (χ2v) is 4.67. The number of rotatable bonds is 7. The highest BCUT2D eigenvalue weighted by molar-refractivity contribution is 5.78. The molecule has 0 saturated heterocycles. The Labute approximate surface area is 93.6 Å². The van der Waals surface area contributed by atoms with Crippen LogP contribution in [0.25, 0.3) is 0 Å². The van der Waals surface area contributed by atoms with Crippen molar-refractivity contribution in [2.24, 2.45) is 11.1 Å². The summed E-state index contributed by atoms with van der Waals surface area (Å²) in [6, 6.07) is 0. The molecule has 0 heterocycles. The number of carbonyl (C=O) groups is 1. The minimum Gasteiger partial charge on any atom is -0.330 e. The van der Waals surface area contributed by atoms with Crippen molar-refractivity contribution in [1.82, 2.24) is 0 Å². The molecule has 0 unspecified atom stereocenters. The largest absolute Gasteiger partial charge is 0.330 e. The molecule has 0 amide bonds. The third kappa shape index (κ3) is 8.20. The number of ketones is 1. The van der Waals surface area contributed by atoms with E-state index in [0.717, 1.165) is 12.8 Å². The van der Waals surface area contributed by atoms with Crippen LogP contribution in [-0.2, 0) is 4.79 Å². The minimum absolute atomic E-state index is 0.195. The molecule has 0 aliphatic rings. The van der Waals surface area contributed by atoms with Gasteiger partial charge in [0.25, 0.3) is 0 Å². The van der Waals surface area contributed by atoms with Crippen molar-refractivity contribution in [2.45, 2.75) is 52.9 Å². The van der Waals surface area contributed by atoms with Gasteiger partial charge in [-0.3, -0.25) is 4.79 Å². The first-order chi connectivity index (χ1) is 7.02. The second kappa shape index (κ2) is 7.48. The van der Waals surface area contributed by atoms with E-state index in [4.69, 9.17) is 5.73 Å². The second-order valence-electron chi connectivity index (χ2n) is 4.67. The highest BCUT2D eigenvalue weighted by Gasteiger charge is 2.17. The maximum atomic E-state index is 11.5. The van der Waals surface area contributed by atoms with E-state index < -0.39 is 0 Å². The van der Waals surface area contributed by atoms with Gasteiger partial charge in [-0.2, -0.15) is 0 Å². The molecule has 0 saturated carbocycles. The summed E-state index contributed by atoms with van der Waals surface area (Å²) in [6.07, 6.45) is 3.88. The van der Waals surface area contributed by atoms with Gasteiger partial charge in [0, 0.05) is 19.3 Å². The molecular weight excluding hydrogens is 186 g/mol. The Morgan fingerprint density at radius 1 is 1.27 bits per heavy atom. The van der Waals surface area contributed by atoms with Gasteiger partial charge in [0.1, 0.15) is 5.78 Å². The van der Waals surface area contributed by atoms with Crippen LogP contribution in [-0.4, -0.2) is 12.3 Å². The molecule has 2 nitrogen and oxygen atoms in total. The van der Waals surface area contributed by atoms with E-state index in [1.165, 1.54) is 0 Å². The molecule has 15 heavy (non-hydrogen) atoms. The lowest BCUT2D eigenvalue weighted by atomic mass is 9.83. The zero-order valence-electron chi connectivity index (χ0n) is 10.2. The molecule has 0 aromatic carbocycles. The first-order valence-corrected chi connectivity index (χ1v) is 5.63. The SMILES string of the molecule is CC#CCCC(=O)CCC(C)(C)CCN. The molecule has 0 fully saturated rings. The molecule has 2 N–H and O–H groups in total. The number of hydrogen-bond acceptors (Lipinski definition) is 2. The Hall–Kier alpha value is -0.810.